The van der Waals surface area contributed by atoms with Crippen LogP contribution in [0.25, 0.3) is 16.5 Å². The molecule has 1 aliphatic rings. The molecule has 1 aromatic carbocycles. The summed E-state index contributed by atoms with van der Waals surface area (Å²) >= 11 is 1.40. The zero-order chi connectivity index (χ0) is 23.7. The van der Waals surface area contributed by atoms with Crippen LogP contribution in [0.3, 0.4) is 0 Å². The summed E-state index contributed by atoms with van der Waals surface area (Å²) < 4.78 is 17.5. The van der Waals surface area contributed by atoms with Gasteiger partial charge in [0.05, 0.1) is 46.2 Å². The van der Waals surface area contributed by atoms with Crippen molar-refractivity contribution in [2.75, 3.05) is 39.9 Å². The van der Waals surface area contributed by atoms with Gasteiger partial charge in [-0.2, -0.15) is 9.50 Å². The topological polar surface area (TPSA) is 107 Å². The number of aromatic hydroxyl groups is 1. The van der Waals surface area contributed by atoms with Gasteiger partial charge in [0.25, 0.3) is 0 Å². The molecule has 4 aromatic rings. The Kier molecular flexibility index (Phi) is 6.12. The molecule has 4 heterocycles. The average molecular weight is 485 g/mol. The number of amides is 1. The van der Waals surface area contributed by atoms with Gasteiger partial charge in [0.2, 0.25) is 16.7 Å². The normalized spacial score (nSPS) is 15.5. The van der Waals surface area contributed by atoms with Crippen LogP contribution in [-0.2, 0) is 4.74 Å². The number of nitrogens with one attached hydrogen (secondary N) is 1. The average Bonchev–Trinajstić information content (AvgIpc) is 3.59. The van der Waals surface area contributed by atoms with E-state index < -0.39 is 0 Å². The minimum Gasteiger partial charge on any atom is -0.497 e. The summed E-state index contributed by atoms with van der Waals surface area (Å²) in [6.45, 7) is 4.70. The monoisotopic (exact) mass is 484 g/mol. The molecule has 1 fully saturated rings. The smallest absolute Gasteiger partial charge is 0.410 e. The number of nitrogens with zero attached hydrogens (tertiary/aromatic N) is 4. The van der Waals surface area contributed by atoms with E-state index in [0.717, 1.165) is 16.2 Å². The number of rotatable bonds is 6. The number of thiazole rings is 1. The maximum atomic E-state index is 12.2. The lowest BCUT2D eigenvalue weighted by Crippen LogP contribution is -3.15. The van der Waals surface area contributed by atoms with Gasteiger partial charge in [-0.3, -0.25) is 4.90 Å². The van der Waals surface area contributed by atoms with Crippen LogP contribution in [0.2, 0.25) is 0 Å². The van der Waals surface area contributed by atoms with Crippen molar-refractivity contribution >= 4 is 22.4 Å². The molecule has 0 bridgehead atoms. The highest BCUT2D eigenvalue weighted by atomic mass is 32.1. The molecule has 1 aliphatic heterocycles. The number of hydrogen-bond donors (Lipinski definition) is 2. The van der Waals surface area contributed by atoms with E-state index in [1.807, 2.05) is 24.3 Å². The number of carbonyl (C=O) groups is 1. The van der Waals surface area contributed by atoms with Crippen LogP contribution in [0, 0.1) is 0 Å². The largest absolute Gasteiger partial charge is 0.497 e. The molecule has 11 heteroatoms. The van der Waals surface area contributed by atoms with E-state index in [4.69, 9.17) is 13.9 Å². The Morgan fingerprint density at radius 2 is 2.12 bits per heavy atom. The number of piperazine rings is 1. The molecule has 1 atom stereocenters. The van der Waals surface area contributed by atoms with Gasteiger partial charge in [-0.05, 0) is 31.2 Å². The van der Waals surface area contributed by atoms with E-state index in [-0.39, 0.29) is 18.0 Å². The van der Waals surface area contributed by atoms with Gasteiger partial charge in [0, 0.05) is 5.56 Å². The van der Waals surface area contributed by atoms with E-state index in [1.54, 1.807) is 37.3 Å². The quantitative estimate of drug-likeness (QED) is 0.432. The molecule has 34 heavy (non-hydrogen) atoms. The second-order valence-electron chi connectivity index (χ2n) is 7.95. The van der Waals surface area contributed by atoms with Crippen molar-refractivity contribution in [3.05, 3.63) is 53.1 Å². The van der Waals surface area contributed by atoms with Crippen LogP contribution >= 0.6 is 11.3 Å². The fourth-order valence-electron chi connectivity index (χ4n) is 4.32. The first-order valence-electron chi connectivity index (χ1n) is 11.1. The number of carbonyl (C=O) groups excluding carboxylic acids is 1. The number of furan rings is 1. The summed E-state index contributed by atoms with van der Waals surface area (Å²) in [5, 5.41) is 15.7. The molecule has 0 radical (unpaired) electrons. The van der Waals surface area contributed by atoms with Crippen LogP contribution in [0.5, 0.6) is 11.6 Å². The first-order chi connectivity index (χ1) is 16.6. The number of aromatic nitrogens is 3. The standard InChI is InChI=1S/C23H25N5O5S/c1-3-32-23(30)27-11-9-26(10-12-27)18(15-6-4-7-16(14-15)31-2)19-21(29)28-22(34-19)24-20(25-28)17-8-5-13-33-17/h4-8,13-14,18,29H,3,9-12H2,1-2H3/p+1. The van der Waals surface area contributed by atoms with Crippen molar-refractivity contribution in [1.82, 2.24) is 19.5 Å². The van der Waals surface area contributed by atoms with Gasteiger partial charge in [0.1, 0.15) is 10.6 Å². The van der Waals surface area contributed by atoms with Gasteiger partial charge in [-0.1, -0.05) is 23.5 Å². The molecule has 0 saturated carbocycles. The van der Waals surface area contributed by atoms with Crippen molar-refractivity contribution < 1.29 is 28.7 Å². The maximum absolute atomic E-state index is 12.2. The molecule has 10 nitrogen and oxygen atoms in total. The fraction of sp³-hybridized carbons (Fsp3) is 0.348. The number of quaternary nitrogens is 1. The lowest BCUT2D eigenvalue weighted by atomic mass is 10.0. The predicted molar refractivity (Wildman–Crippen MR) is 124 cm³/mol. The SMILES string of the molecule is CCOC(=O)N1CC[NH+](C(c2cccc(OC)c2)c2sc3nc(-c4ccco4)nn3c2O)CC1. The summed E-state index contributed by atoms with van der Waals surface area (Å²) in [5.74, 6) is 1.76. The third-order valence-electron chi connectivity index (χ3n) is 5.97. The third-order valence-corrected chi connectivity index (χ3v) is 7.06. The van der Waals surface area contributed by atoms with Gasteiger partial charge in [-0.15, -0.1) is 5.10 Å². The molecule has 0 aliphatic carbocycles. The summed E-state index contributed by atoms with van der Waals surface area (Å²) in [6, 6.07) is 11.2. The summed E-state index contributed by atoms with van der Waals surface area (Å²) in [6.07, 6.45) is 1.28. The summed E-state index contributed by atoms with van der Waals surface area (Å²) in [4.78, 5) is 21.0. The zero-order valence-electron chi connectivity index (χ0n) is 18.9. The Bertz CT molecular complexity index is 1280. The van der Waals surface area contributed by atoms with Crippen LogP contribution < -0.4 is 9.64 Å². The summed E-state index contributed by atoms with van der Waals surface area (Å²) in [7, 11) is 1.63. The number of benzene rings is 1. The van der Waals surface area contributed by atoms with E-state index >= 15 is 0 Å². The minimum atomic E-state index is -0.286. The van der Waals surface area contributed by atoms with Crippen LogP contribution in [0.15, 0.2) is 47.1 Å². The number of ether oxygens (including phenoxy) is 2. The van der Waals surface area contributed by atoms with Crippen molar-refractivity contribution in [1.29, 1.82) is 0 Å². The highest BCUT2D eigenvalue weighted by molar-refractivity contribution is 7.17. The molecule has 3 aromatic heterocycles. The van der Waals surface area contributed by atoms with Gasteiger partial charge in [0.15, 0.2) is 11.8 Å². The third kappa shape index (κ3) is 4.08. The lowest BCUT2D eigenvalue weighted by Gasteiger charge is -2.35. The fourth-order valence-corrected chi connectivity index (χ4v) is 5.46. The molecule has 1 saturated heterocycles. The Morgan fingerprint density at radius 3 is 2.79 bits per heavy atom. The Balaban J connectivity index is 1.50. The van der Waals surface area contributed by atoms with Crippen LogP contribution in [-0.4, -0.2) is 70.6 Å². The zero-order valence-corrected chi connectivity index (χ0v) is 19.7. The lowest BCUT2D eigenvalue weighted by molar-refractivity contribution is -0.929. The second kappa shape index (κ2) is 9.35. The molecule has 1 unspecified atom stereocenters. The highest BCUT2D eigenvalue weighted by Crippen LogP contribution is 2.36. The van der Waals surface area contributed by atoms with Crippen molar-refractivity contribution in [3.63, 3.8) is 0 Å². The second-order valence-corrected chi connectivity index (χ2v) is 8.96. The first kappa shape index (κ1) is 22.2. The highest BCUT2D eigenvalue weighted by Gasteiger charge is 2.36. The Morgan fingerprint density at radius 1 is 1.29 bits per heavy atom. The molecule has 1 amide bonds. The minimum absolute atomic E-state index is 0.0541. The summed E-state index contributed by atoms with van der Waals surface area (Å²) in [5.41, 5.74) is 1.00. The van der Waals surface area contributed by atoms with E-state index in [2.05, 4.69) is 10.1 Å². The number of fused-ring (bicyclic) bond motifs is 1. The molecule has 5 rings (SSSR count). The van der Waals surface area contributed by atoms with E-state index in [0.29, 0.717) is 49.3 Å². The molecular weight excluding hydrogens is 458 g/mol. The maximum Gasteiger partial charge on any atom is 0.410 e. The van der Waals surface area contributed by atoms with Crippen molar-refractivity contribution in [2.24, 2.45) is 0 Å². The van der Waals surface area contributed by atoms with Crippen LogP contribution in [0.1, 0.15) is 23.4 Å². The van der Waals surface area contributed by atoms with Gasteiger partial charge in [-0.25, -0.2) is 4.79 Å². The molecule has 0 spiro atoms. The van der Waals surface area contributed by atoms with Crippen LogP contribution in [0.4, 0.5) is 4.79 Å². The van der Waals surface area contributed by atoms with Gasteiger partial charge >= 0.3 is 6.09 Å². The first-order valence-corrected chi connectivity index (χ1v) is 11.9. The molecular formula is C23H26N5O5S+. The Labute approximate surface area is 199 Å². The van der Waals surface area contributed by atoms with E-state index in [1.165, 1.54) is 20.8 Å². The van der Waals surface area contributed by atoms with E-state index in [9.17, 15) is 9.90 Å². The molecule has 178 valence electrons. The molecule has 2 N–H and O–H groups in total. The number of methoxy groups -OCH3 is 1. The Hall–Kier alpha value is -3.57. The van der Waals surface area contributed by atoms with Gasteiger partial charge < -0.3 is 23.9 Å². The van der Waals surface area contributed by atoms with Crippen molar-refractivity contribution in [2.45, 2.75) is 13.0 Å². The van der Waals surface area contributed by atoms with Crippen molar-refractivity contribution in [3.8, 4) is 23.2 Å². The number of hydrogen-bond acceptors (Lipinski definition) is 8. The predicted octanol–water partition coefficient (Wildman–Crippen LogP) is 2.21.